The number of aromatic hydroxyl groups is 1. The smallest absolute Gasteiger partial charge is 0.115 e. The second kappa shape index (κ2) is 5.40. The Morgan fingerprint density at radius 2 is 1.80 bits per heavy atom. The van der Waals surface area contributed by atoms with Crippen molar-refractivity contribution in [2.75, 3.05) is 5.43 Å². The molecule has 2 aromatic carbocycles. The van der Waals surface area contributed by atoms with Crippen molar-refractivity contribution in [2.24, 2.45) is 5.10 Å². The number of anilines is 1. The van der Waals surface area contributed by atoms with Gasteiger partial charge >= 0.3 is 0 Å². The molecule has 0 saturated carbocycles. The molecule has 0 aliphatic rings. The van der Waals surface area contributed by atoms with E-state index in [1.165, 1.54) is 0 Å². The van der Waals surface area contributed by atoms with Gasteiger partial charge in [0.15, 0.2) is 0 Å². The Hall–Kier alpha value is -2.88. The number of fused-ring (bicyclic) bond motifs is 1. The third kappa shape index (κ3) is 2.59. The van der Waals surface area contributed by atoms with E-state index in [-0.39, 0.29) is 5.75 Å². The number of nitrogens with one attached hydrogen (secondary N) is 1. The SMILES string of the molecule is Oc1ccc(/C=N\Nc2cccc3cccnc23)cc1. The van der Waals surface area contributed by atoms with Crippen molar-refractivity contribution in [2.45, 2.75) is 0 Å². The third-order valence-electron chi connectivity index (χ3n) is 2.92. The molecule has 0 aliphatic heterocycles. The predicted molar refractivity (Wildman–Crippen MR) is 81.1 cm³/mol. The van der Waals surface area contributed by atoms with Crippen molar-refractivity contribution < 1.29 is 5.11 Å². The summed E-state index contributed by atoms with van der Waals surface area (Å²) in [5.41, 5.74) is 5.65. The van der Waals surface area contributed by atoms with Crippen LogP contribution in [0, 0.1) is 0 Å². The molecule has 4 nitrogen and oxygen atoms in total. The number of benzene rings is 2. The largest absolute Gasteiger partial charge is 0.508 e. The Morgan fingerprint density at radius 1 is 1.00 bits per heavy atom. The van der Waals surface area contributed by atoms with Gasteiger partial charge in [-0.1, -0.05) is 18.2 Å². The van der Waals surface area contributed by atoms with Crippen molar-refractivity contribution in [3.8, 4) is 5.75 Å². The third-order valence-corrected chi connectivity index (χ3v) is 2.92. The van der Waals surface area contributed by atoms with E-state index in [0.29, 0.717) is 0 Å². The lowest BCUT2D eigenvalue weighted by atomic mass is 10.2. The van der Waals surface area contributed by atoms with Crippen molar-refractivity contribution in [3.05, 3.63) is 66.4 Å². The number of rotatable bonds is 3. The topological polar surface area (TPSA) is 57.5 Å². The highest BCUT2D eigenvalue weighted by molar-refractivity contribution is 5.90. The number of hydrogen-bond donors (Lipinski definition) is 2. The maximum atomic E-state index is 9.21. The highest BCUT2D eigenvalue weighted by Gasteiger charge is 1.99. The summed E-state index contributed by atoms with van der Waals surface area (Å²) < 4.78 is 0. The minimum absolute atomic E-state index is 0.244. The zero-order valence-corrected chi connectivity index (χ0v) is 10.7. The Kier molecular flexibility index (Phi) is 3.29. The van der Waals surface area contributed by atoms with Gasteiger partial charge in [-0.2, -0.15) is 5.10 Å². The van der Waals surface area contributed by atoms with E-state index in [2.05, 4.69) is 15.5 Å². The molecule has 1 heterocycles. The lowest BCUT2D eigenvalue weighted by Crippen LogP contribution is -1.92. The highest BCUT2D eigenvalue weighted by atomic mass is 16.3. The number of para-hydroxylation sites is 1. The van der Waals surface area contributed by atoms with Crippen LogP contribution in [0.25, 0.3) is 10.9 Å². The van der Waals surface area contributed by atoms with E-state index in [1.54, 1.807) is 36.7 Å². The molecule has 0 amide bonds. The molecule has 0 bridgehead atoms. The van der Waals surface area contributed by atoms with E-state index in [1.807, 2.05) is 30.3 Å². The number of hydrogen-bond acceptors (Lipinski definition) is 4. The van der Waals surface area contributed by atoms with Crippen LogP contribution in [0.15, 0.2) is 65.9 Å². The van der Waals surface area contributed by atoms with Crippen molar-refractivity contribution in [1.29, 1.82) is 0 Å². The molecule has 0 spiro atoms. The molecule has 0 saturated heterocycles. The normalized spacial score (nSPS) is 11.0. The molecule has 0 radical (unpaired) electrons. The van der Waals surface area contributed by atoms with Gasteiger partial charge in [0, 0.05) is 11.6 Å². The van der Waals surface area contributed by atoms with Crippen LogP contribution in [-0.4, -0.2) is 16.3 Å². The van der Waals surface area contributed by atoms with Gasteiger partial charge in [0.25, 0.3) is 0 Å². The number of pyridine rings is 1. The summed E-state index contributed by atoms with van der Waals surface area (Å²) in [6, 6.07) is 16.7. The van der Waals surface area contributed by atoms with Gasteiger partial charge in [-0.3, -0.25) is 10.4 Å². The number of phenolic OH excluding ortho intramolecular Hbond substituents is 1. The fourth-order valence-electron chi connectivity index (χ4n) is 1.93. The van der Waals surface area contributed by atoms with Gasteiger partial charge in [0.2, 0.25) is 0 Å². The minimum Gasteiger partial charge on any atom is -0.508 e. The van der Waals surface area contributed by atoms with E-state index in [9.17, 15) is 5.11 Å². The fourth-order valence-corrected chi connectivity index (χ4v) is 1.93. The number of phenols is 1. The molecule has 1 aromatic heterocycles. The van der Waals surface area contributed by atoms with E-state index in [4.69, 9.17) is 0 Å². The van der Waals surface area contributed by atoms with Gasteiger partial charge in [-0.05, 0) is 42.0 Å². The van der Waals surface area contributed by atoms with Crippen LogP contribution in [-0.2, 0) is 0 Å². The van der Waals surface area contributed by atoms with Crippen LogP contribution in [0.3, 0.4) is 0 Å². The first-order valence-corrected chi connectivity index (χ1v) is 6.25. The standard InChI is InChI=1S/C16H13N3O/c20-14-8-6-12(7-9-14)11-18-19-15-5-1-3-13-4-2-10-17-16(13)15/h1-11,19-20H/b18-11-. The molecular weight excluding hydrogens is 250 g/mol. The molecule has 0 fully saturated rings. The van der Waals surface area contributed by atoms with Crippen LogP contribution in [0.1, 0.15) is 5.56 Å². The van der Waals surface area contributed by atoms with Crippen LogP contribution in [0.5, 0.6) is 5.75 Å². The number of nitrogens with zero attached hydrogens (tertiary/aromatic N) is 2. The molecule has 98 valence electrons. The summed E-state index contributed by atoms with van der Waals surface area (Å²) in [4.78, 5) is 4.35. The average molecular weight is 263 g/mol. The molecular formula is C16H13N3O. The van der Waals surface area contributed by atoms with Crippen molar-refractivity contribution in [3.63, 3.8) is 0 Å². The molecule has 20 heavy (non-hydrogen) atoms. The Morgan fingerprint density at radius 3 is 2.65 bits per heavy atom. The van der Waals surface area contributed by atoms with Crippen LogP contribution >= 0.6 is 0 Å². The van der Waals surface area contributed by atoms with Gasteiger partial charge in [-0.15, -0.1) is 0 Å². The van der Waals surface area contributed by atoms with Gasteiger partial charge < -0.3 is 5.11 Å². The minimum atomic E-state index is 0.244. The number of hydrazone groups is 1. The Balaban J connectivity index is 1.81. The Bertz CT molecular complexity index is 746. The van der Waals surface area contributed by atoms with Crippen LogP contribution < -0.4 is 5.43 Å². The van der Waals surface area contributed by atoms with Gasteiger partial charge in [0.05, 0.1) is 17.4 Å². The van der Waals surface area contributed by atoms with Crippen LogP contribution in [0.2, 0.25) is 0 Å². The first kappa shape index (κ1) is 12.2. The number of aromatic nitrogens is 1. The maximum absolute atomic E-state index is 9.21. The lowest BCUT2D eigenvalue weighted by Gasteiger charge is -2.04. The highest BCUT2D eigenvalue weighted by Crippen LogP contribution is 2.20. The summed E-state index contributed by atoms with van der Waals surface area (Å²) in [5.74, 6) is 0.244. The molecule has 0 unspecified atom stereocenters. The first-order valence-electron chi connectivity index (χ1n) is 6.25. The Labute approximate surface area is 116 Å². The molecule has 3 aromatic rings. The maximum Gasteiger partial charge on any atom is 0.115 e. The summed E-state index contributed by atoms with van der Waals surface area (Å²) in [6.45, 7) is 0. The molecule has 0 aliphatic carbocycles. The van der Waals surface area contributed by atoms with Crippen LogP contribution in [0.4, 0.5) is 5.69 Å². The lowest BCUT2D eigenvalue weighted by molar-refractivity contribution is 0.475. The summed E-state index contributed by atoms with van der Waals surface area (Å²) in [7, 11) is 0. The molecule has 3 rings (SSSR count). The van der Waals surface area contributed by atoms with E-state index in [0.717, 1.165) is 22.2 Å². The monoisotopic (exact) mass is 263 g/mol. The molecule has 4 heteroatoms. The summed E-state index contributed by atoms with van der Waals surface area (Å²) in [6.07, 6.45) is 3.46. The zero-order chi connectivity index (χ0) is 13.8. The predicted octanol–water partition coefficient (Wildman–Crippen LogP) is 3.39. The molecule has 0 atom stereocenters. The van der Waals surface area contributed by atoms with Gasteiger partial charge in [0.1, 0.15) is 5.75 Å². The fraction of sp³-hybridized carbons (Fsp3) is 0. The second-order valence-corrected chi connectivity index (χ2v) is 4.34. The summed E-state index contributed by atoms with van der Waals surface area (Å²) in [5, 5.41) is 14.5. The van der Waals surface area contributed by atoms with E-state index < -0.39 is 0 Å². The summed E-state index contributed by atoms with van der Waals surface area (Å²) >= 11 is 0. The van der Waals surface area contributed by atoms with Crippen molar-refractivity contribution in [1.82, 2.24) is 4.98 Å². The van der Waals surface area contributed by atoms with Gasteiger partial charge in [-0.25, -0.2) is 0 Å². The van der Waals surface area contributed by atoms with Crippen molar-refractivity contribution >= 4 is 22.8 Å². The first-order chi connectivity index (χ1) is 9.83. The second-order valence-electron chi connectivity index (χ2n) is 4.34. The quantitative estimate of drug-likeness (QED) is 0.562. The van der Waals surface area contributed by atoms with E-state index >= 15 is 0 Å². The molecule has 2 N–H and O–H groups in total. The zero-order valence-electron chi connectivity index (χ0n) is 10.7. The average Bonchev–Trinajstić information content (AvgIpc) is 2.49.